The number of hydrogen-bond donors (Lipinski definition) is 2. The summed E-state index contributed by atoms with van der Waals surface area (Å²) in [6.45, 7) is 1.93. The molecule has 116 valence electrons. The molecule has 2 amide bonds. The Bertz CT molecular complexity index is 495. The van der Waals surface area contributed by atoms with Crippen molar-refractivity contribution in [2.24, 2.45) is 5.73 Å². The highest BCUT2D eigenvalue weighted by Gasteiger charge is 2.24. The molecular weight excluding hydrogens is 288 g/mol. The minimum absolute atomic E-state index is 0.174. The van der Waals surface area contributed by atoms with E-state index in [4.69, 9.17) is 10.5 Å². The van der Waals surface area contributed by atoms with Crippen LogP contribution in [0.5, 0.6) is 0 Å². The van der Waals surface area contributed by atoms with Crippen molar-refractivity contribution in [3.05, 3.63) is 16.3 Å². The van der Waals surface area contributed by atoms with Crippen molar-refractivity contribution in [1.29, 1.82) is 0 Å². The molecule has 0 aliphatic heterocycles. The molecule has 1 aliphatic carbocycles. The summed E-state index contributed by atoms with van der Waals surface area (Å²) in [4.78, 5) is 23.9. The van der Waals surface area contributed by atoms with Crippen molar-refractivity contribution in [3.8, 4) is 0 Å². The van der Waals surface area contributed by atoms with Gasteiger partial charge in [-0.25, -0.2) is 0 Å². The zero-order valence-electron chi connectivity index (χ0n) is 12.3. The van der Waals surface area contributed by atoms with Gasteiger partial charge in [-0.1, -0.05) is 26.2 Å². The maximum absolute atomic E-state index is 12.3. The molecule has 1 atom stereocenters. The highest BCUT2D eigenvalue weighted by Crippen LogP contribution is 2.24. The number of hydrogen-bond acceptors (Lipinski definition) is 4. The lowest BCUT2D eigenvalue weighted by atomic mass is 9.97. The molecule has 0 aromatic carbocycles. The van der Waals surface area contributed by atoms with Crippen LogP contribution in [0.2, 0.25) is 0 Å². The van der Waals surface area contributed by atoms with Crippen molar-refractivity contribution in [2.45, 2.75) is 57.7 Å². The third-order valence-corrected chi connectivity index (χ3v) is 4.65. The van der Waals surface area contributed by atoms with Crippen LogP contribution in [0.3, 0.4) is 0 Å². The second kappa shape index (κ2) is 7.56. The summed E-state index contributed by atoms with van der Waals surface area (Å²) < 4.78 is 5.93. The van der Waals surface area contributed by atoms with E-state index in [-0.39, 0.29) is 12.0 Å². The summed E-state index contributed by atoms with van der Waals surface area (Å²) in [7, 11) is 0. The van der Waals surface area contributed by atoms with Gasteiger partial charge in [0.15, 0.2) is 0 Å². The summed E-state index contributed by atoms with van der Waals surface area (Å²) >= 11 is 1.22. The van der Waals surface area contributed by atoms with Gasteiger partial charge in [0.2, 0.25) is 0 Å². The molecule has 0 bridgehead atoms. The van der Waals surface area contributed by atoms with Gasteiger partial charge in [0.1, 0.15) is 11.0 Å². The Morgan fingerprint density at radius 1 is 1.43 bits per heavy atom. The second-order valence-electron chi connectivity index (χ2n) is 5.31. The number of thiophene rings is 1. The fourth-order valence-corrected chi connectivity index (χ4v) is 3.29. The maximum Gasteiger partial charge on any atom is 0.260 e. The number of nitrogens with two attached hydrogens (primary N) is 1. The third-order valence-electron chi connectivity index (χ3n) is 3.72. The van der Waals surface area contributed by atoms with Gasteiger partial charge in [-0.05, 0) is 30.7 Å². The van der Waals surface area contributed by atoms with E-state index in [0.29, 0.717) is 17.0 Å². The summed E-state index contributed by atoms with van der Waals surface area (Å²) in [5, 5.41) is 4.49. The Morgan fingerprint density at radius 2 is 2.14 bits per heavy atom. The van der Waals surface area contributed by atoms with E-state index in [2.05, 4.69) is 5.32 Å². The van der Waals surface area contributed by atoms with Crippen LogP contribution in [0.15, 0.2) is 11.4 Å². The first-order chi connectivity index (χ1) is 10.1. The van der Waals surface area contributed by atoms with Crippen molar-refractivity contribution in [2.75, 3.05) is 5.32 Å². The van der Waals surface area contributed by atoms with Gasteiger partial charge in [-0.2, -0.15) is 0 Å². The van der Waals surface area contributed by atoms with E-state index in [1.807, 2.05) is 6.92 Å². The molecule has 5 nitrogen and oxygen atoms in total. The lowest BCUT2D eigenvalue weighted by Crippen LogP contribution is -2.34. The highest BCUT2D eigenvalue weighted by atomic mass is 32.1. The number of rotatable bonds is 6. The van der Waals surface area contributed by atoms with Gasteiger partial charge >= 0.3 is 0 Å². The van der Waals surface area contributed by atoms with Gasteiger partial charge < -0.3 is 15.8 Å². The molecule has 0 unspecified atom stereocenters. The van der Waals surface area contributed by atoms with Crippen molar-refractivity contribution in [1.82, 2.24) is 0 Å². The van der Waals surface area contributed by atoms with Gasteiger partial charge in [0.25, 0.3) is 11.8 Å². The van der Waals surface area contributed by atoms with Crippen molar-refractivity contribution >= 4 is 28.8 Å². The predicted octanol–water partition coefficient (Wildman–Crippen LogP) is 2.91. The standard InChI is InChI=1S/C15H22N2O3S/c1-2-12(20-10-6-4-3-5-7-10)15(19)17-11-8-9-21-13(11)14(16)18/h8-10,12H,2-7H2,1H3,(H2,16,18)(H,17,19)/t12-/m0/s1. The second-order valence-corrected chi connectivity index (χ2v) is 6.23. The van der Waals surface area contributed by atoms with Crippen LogP contribution in [0.1, 0.15) is 55.1 Å². The first-order valence-electron chi connectivity index (χ1n) is 7.45. The Hall–Kier alpha value is -1.40. The number of carbonyl (C=O) groups excluding carboxylic acids is 2. The van der Waals surface area contributed by atoms with Crippen LogP contribution >= 0.6 is 11.3 Å². The molecule has 0 spiro atoms. The summed E-state index contributed by atoms with van der Waals surface area (Å²) in [6.07, 6.45) is 5.93. The monoisotopic (exact) mass is 310 g/mol. The molecule has 1 aromatic rings. The normalized spacial score (nSPS) is 17.4. The average molecular weight is 310 g/mol. The number of amides is 2. The third kappa shape index (κ3) is 4.28. The van der Waals surface area contributed by atoms with E-state index in [9.17, 15) is 9.59 Å². The van der Waals surface area contributed by atoms with Gasteiger partial charge in [0, 0.05) is 0 Å². The predicted molar refractivity (Wildman–Crippen MR) is 83.5 cm³/mol. The Balaban J connectivity index is 1.96. The highest BCUT2D eigenvalue weighted by molar-refractivity contribution is 7.12. The molecule has 0 saturated heterocycles. The molecular formula is C15H22N2O3S. The lowest BCUT2D eigenvalue weighted by Gasteiger charge is -2.26. The zero-order valence-corrected chi connectivity index (χ0v) is 13.1. The van der Waals surface area contributed by atoms with Crippen molar-refractivity contribution < 1.29 is 14.3 Å². The lowest BCUT2D eigenvalue weighted by molar-refractivity contribution is -0.132. The fraction of sp³-hybridized carbons (Fsp3) is 0.600. The number of primary amides is 1. The van der Waals surface area contributed by atoms with Crippen LogP contribution < -0.4 is 11.1 Å². The van der Waals surface area contributed by atoms with Gasteiger partial charge in [-0.3, -0.25) is 9.59 Å². The Morgan fingerprint density at radius 3 is 2.76 bits per heavy atom. The summed E-state index contributed by atoms with van der Waals surface area (Å²) in [5.74, 6) is -0.731. The van der Waals surface area contributed by atoms with E-state index in [1.165, 1.54) is 30.6 Å². The van der Waals surface area contributed by atoms with Crippen LogP contribution in [0.25, 0.3) is 0 Å². The van der Waals surface area contributed by atoms with Crippen LogP contribution in [-0.4, -0.2) is 24.0 Å². The van der Waals surface area contributed by atoms with E-state index >= 15 is 0 Å². The minimum Gasteiger partial charge on any atom is -0.365 e. The fourth-order valence-electron chi connectivity index (χ4n) is 2.59. The molecule has 0 radical (unpaired) electrons. The topological polar surface area (TPSA) is 81.4 Å². The molecule has 1 saturated carbocycles. The van der Waals surface area contributed by atoms with E-state index < -0.39 is 12.0 Å². The molecule has 3 N–H and O–H groups in total. The van der Waals surface area contributed by atoms with E-state index in [1.54, 1.807) is 11.4 Å². The smallest absolute Gasteiger partial charge is 0.260 e. The van der Waals surface area contributed by atoms with Crippen LogP contribution in [-0.2, 0) is 9.53 Å². The minimum atomic E-state index is -0.526. The zero-order chi connectivity index (χ0) is 15.2. The molecule has 1 aliphatic rings. The summed E-state index contributed by atoms with van der Waals surface area (Å²) in [6, 6.07) is 1.69. The SMILES string of the molecule is CC[C@H](OC1CCCCC1)C(=O)Nc1ccsc1C(N)=O. The molecule has 1 heterocycles. The quantitative estimate of drug-likeness (QED) is 0.847. The number of anilines is 1. The van der Waals surface area contributed by atoms with Gasteiger partial charge in [0.05, 0.1) is 11.8 Å². The molecule has 1 aromatic heterocycles. The molecule has 6 heteroatoms. The average Bonchev–Trinajstić information content (AvgIpc) is 2.94. The number of nitrogens with one attached hydrogen (secondary N) is 1. The van der Waals surface area contributed by atoms with Crippen LogP contribution in [0, 0.1) is 0 Å². The molecule has 2 rings (SSSR count). The summed E-state index contributed by atoms with van der Waals surface area (Å²) in [5.41, 5.74) is 5.76. The Kier molecular flexibility index (Phi) is 5.76. The number of carbonyl (C=O) groups is 2. The first kappa shape index (κ1) is 16.0. The largest absolute Gasteiger partial charge is 0.365 e. The van der Waals surface area contributed by atoms with Gasteiger partial charge in [-0.15, -0.1) is 11.3 Å². The number of ether oxygens (including phenoxy) is 1. The van der Waals surface area contributed by atoms with E-state index in [0.717, 1.165) is 12.8 Å². The van der Waals surface area contributed by atoms with Crippen molar-refractivity contribution in [3.63, 3.8) is 0 Å². The molecule has 1 fully saturated rings. The van der Waals surface area contributed by atoms with Crippen LogP contribution in [0.4, 0.5) is 5.69 Å². The Labute approximate surface area is 128 Å². The first-order valence-corrected chi connectivity index (χ1v) is 8.33. The maximum atomic E-state index is 12.3. The molecule has 21 heavy (non-hydrogen) atoms.